The van der Waals surface area contributed by atoms with Gasteiger partial charge in [0.2, 0.25) is 5.91 Å². The summed E-state index contributed by atoms with van der Waals surface area (Å²) in [7, 11) is 3.25. The first-order valence-corrected chi connectivity index (χ1v) is 8.07. The number of hydrogen-bond donors (Lipinski definition) is 0. The third-order valence-corrected chi connectivity index (χ3v) is 4.03. The van der Waals surface area contributed by atoms with Gasteiger partial charge in [-0.3, -0.25) is 4.79 Å². The zero-order valence-electron chi connectivity index (χ0n) is 14.2. The summed E-state index contributed by atoms with van der Waals surface area (Å²) < 4.78 is 10.6. The lowest BCUT2D eigenvalue weighted by Gasteiger charge is -2.12. The van der Waals surface area contributed by atoms with Crippen LogP contribution in [0.1, 0.15) is 31.7 Å². The minimum atomic E-state index is 0.106. The summed E-state index contributed by atoms with van der Waals surface area (Å²) in [6.45, 7) is 3.84. The van der Waals surface area contributed by atoms with Gasteiger partial charge in [-0.1, -0.05) is 25.1 Å². The standard InChI is InChI=1S/C19H25NO3/c1-4-15(8-10-19(21)20-11-5-6-12-20)13-16-7-9-17(22-2)18(14-16)23-3/h7-10,13-14H,4-6,11-12H2,1-3H3. The first-order chi connectivity index (χ1) is 11.2. The molecule has 23 heavy (non-hydrogen) atoms. The van der Waals surface area contributed by atoms with Gasteiger partial charge in [0.15, 0.2) is 11.5 Å². The van der Waals surface area contributed by atoms with Crippen LogP contribution in [-0.4, -0.2) is 38.1 Å². The number of carbonyl (C=O) groups is 1. The highest BCUT2D eigenvalue weighted by molar-refractivity contribution is 5.88. The molecule has 1 fully saturated rings. The van der Waals surface area contributed by atoms with Crippen LogP contribution < -0.4 is 9.47 Å². The van der Waals surface area contributed by atoms with Crippen molar-refractivity contribution in [2.75, 3.05) is 27.3 Å². The van der Waals surface area contributed by atoms with Crippen LogP contribution >= 0.6 is 0 Å². The van der Waals surface area contributed by atoms with Gasteiger partial charge in [0.25, 0.3) is 0 Å². The second kappa shape index (κ2) is 8.42. The van der Waals surface area contributed by atoms with Crippen LogP contribution in [0, 0.1) is 0 Å². The fourth-order valence-electron chi connectivity index (χ4n) is 2.65. The SMILES string of the molecule is CCC(C=CC(=O)N1CCCC1)=Cc1ccc(OC)c(OC)c1. The van der Waals surface area contributed by atoms with Crippen LogP contribution in [0.2, 0.25) is 0 Å². The van der Waals surface area contributed by atoms with Gasteiger partial charge in [-0.2, -0.15) is 0 Å². The molecule has 0 radical (unpaired) electrons. The minimum Gasteiger partial charge on any atom is -0.493 e. The molecular weight excluding hydrogens is 290 g/mol. The lowest BCUT2D eigenvalue weighted by molar-refractivity contribution is -0.124. The number of carbonyl (C=O) groups excluding carboxylic acids is 1. The molecular formula is C19H25NO3. The van der Waals surface area contributed by atoms with Crippen molar-refractivity contribution >= 4 is 12.0 Å². The average molecular weight is 315 g/mol. The quantitative estimate of drug-likeness (QED) is 0.594. The normalized spacial score (nSPS) is 15.3. The van der Waals surface area contributed by atoms with E-state index in [4.69, 9.17) is 9.47 Å². The monoisotopic (exact) mass is 315 g/mol. The predicted octanol–water partition coefficient (Wildman–Crippen LogP) is 3.68. The van der Waals surface area contributed by atoms with Crippen LogP contribution in [0.4, 0.5) is 0 Å². The van der Waals surface area contributed by atoms with Crippen molar-refractivity contribution in [2.24, 2.45) is 0 Å². The Morgan fingerprint density at radius 2 is 1.83 bits per heavy atom. The van der Waals surface area contributed by atoms with E-state index in [0.717, 1.165) is 43.5 Å². The molecule has 0 unspecified atom stereocenters. The number of nitrogens with zero attached hydrogens (tertiary/aromatic N) is 1. The number of benzene rings is 1. The van der Waals surface area contributed by atoms with E-state index >= 15 is 0 Å². The van der Waals surface area contributed by atoms with E-state index in [1.54, 1.807) is 20.3 Å². The van der Waals surface area contributed by atoms with E-state index in [-0.39, 0.29) is 5.91 Å². The molecule has 0 atom stereocenters. The first kappa shape index (κ1) is 17.1. The van der Waals surface area contributed by atoms with Crippen LogP contribution in [0.3, 0.4) is 0 Å². The fourth-order valence-corrected chi connectivity index (χ4v) is 2.65. The van der Waals surface area contributed by atoms with Gasteiger partial charge in [-0.05, 0) is 42.5 Å². The van der Waals surface area contributed by atoms with Gasteiger partial charge >= 0.3 is 0 Å². The smallest absolute Gasteiger partial charge is 0.246 e. The van der Waals surface area contributed by atoms with Crippen molar-refractivity contribution in [1.82, 2.24) is 4.90 Å². The summed E-state index contributed by atoms with van der Waals surface area (Å²) in [6, 6.07) is 5.80. The van der Waals surface area contributed by atoms with Crippen molar-refractivity contribution in [3.8, 4) is 11.5 Å². The van der Waals surface area contributed by atoms with Crippen LogP contribution in [-0.2, 0) is 4.79 Å². The summed E-state index contributed by atoms with van der Waals surface area (Å²) in [5, 5.41) is 0. The molecule has 0 bridgehead atoms. The third-order valence-electron chi connectivity index (χ3n) is 4.03. The highest BCUT2D eigenvalue weighted by Crippen LogP contribution is 2.28. The Morgan fingerprint density at radius 3 is 2.43 bits per heavy atom. The second-order valence-electron chi connectivity index (χ2n) is 5.55. The highest BCUT2D eigenvalue weighted by Gasteiger charge is 2.15. The van der Waals surface area contributed by atoms with Crippen molar-refractivity contribution in [2.45, 2.75) is 26.2 Å². The zero-order chi connectivity index (χ0) is 16.7. The Bertz CT molecular complexity index is 599. The Balaban J connectivity index is 2.13. The van der Waals surface area contributed by atoms with Crippen molar-refractivity contribution < 1.29 is 14.3 Å². The molecule has 124 valence electrons. The maximum Gasteiger partial charge on any atom is 0.246 e. The summed E-state index contributed by atoms with van der Waals surface area (Å²) in [5.41, 5.74) is 2.13. The van der Waals surface area contributed by atoms with E-state index in [0.29, 0.717) is 11.5 Å². The van der Waals surface area contributed by atoms with Crippen molar-refractivity contribution in [3.05, 3.63) is 41.5 Å². The molecule has 0 aromatic heterocycles. The summed E-state index contributed by atoms with van der Waals surface area (Å²) in [5.74, 6) is 1.52. The lowest BCUT2D eigenvalue weighted by Crippen LogP contribution is -2.25. The predicted molar refractivity (Wildman–Crippen MR) is 92.8 cm³/mol. The summed E-state index contributed by atoms with van der Waals surface area (Å²) in [4.78, 5) is 14.0. The molecule has 0 aliphatic carbocycles. The minimum absolute atomic E-state index is 0.106. The van der Waals surface area contributed by atoms with E-state index in [2.05, 4.69) is 13.0 Å². The van der Waals surface area contributed by atoms with Gasteiger partial charge < -0.3 is 14.4 Å². The molecule has 4 nitrogen and oxygen atoms in total. The number of methoxy groups -OCH3 is 2. The maximum absolute atomic E-state index is 12.1. The van der Waals surface area contributed by atoms with Crippen LogP contribution in [0.25, 0.3) is 6.08 Å². The van der Waals surface area contributed by atoms with E-state index in [9.17, 15) is 4.79 Å². The average Bonchev–Trinajstić information content (AvgIpc) is 3.12. The van der Waals surface area contributed by atoms with Crippen LogP contribution in [0.15, 0.2) is 35.9 Å². The topological polar surface area (TPSA) is 38.8 Å². The second-order valence-corrected chi connectivity index (χ2v) is 5.55. The fraction of sp³-hybridized carbons (Fsp3) is 0.421. The largest absolute Gasteiger partial charge is 0.493 e. The molecule has 0 N–H and O–H groups in total. The third kappa shape index (κ3) is 4.62. The molecule has 1 aromatic carbocycles. The number of hydrogen-bond acceptors (Lipinski definition) is 3. The first-order valence-electron chi connectivity index (χ1n) is 8.07. The molecule has 1 aromatic rings. The lowest BCUT2D eigenvalue weighted by atomic mass is 10.1. The van der Waals surface area contributed by atoms with Gasteiger partial charge in [-0.15, -0.1) is 0 Å². The molecule has 1 aliphatic rings. The highest BCUT2D eigenvalue weighted by atomic mass is 16.5. The van der Waals surface area contributed by atoms with Gasteiger partial charge in [0.05, 0.1) is 14.2 Å². The van der Waals surface area contributed by atoms with Gasteiger partial charge in [0, 0.05) is 19.2 Å². The van der Waals surface area contributed by atoms with Crippen LogP contribution in [0.5, 0.6) is 11.5 Å². The zero-order valence-corrected chi connectivity index (χ0v) is 14.2. The number of allylic oxidation sites excluding steroid dienone is 2. The molecule has 1 heterocycles. The van der Waals surface area contributed by atoms with E-state index in [1.807, 2.05) is 29.2 Å². The summed E-state index contributed by atoms with van der Waals surface area (Å²) >= 11 is 0. The molecule has 1 saturated heterocycles. The van der Waals surface area contributed by atoms with Gasteiger partial charge in [0.1, 0.15) is 0 Å². The Kier molecular flexibility index (Phi) is 6.27. The summed E-state index contributed by atoms with van der Waals surface area (Å²) in [6.07, 6.45) is 8.75. The molecule has 4 heteroatoms. The van der Waals surface area contributed by atoms with E-state index < -0.39 is 0 Å². The molecule has 1 aliphatic heterocycles. The Hall–Kier alpha value is -2.23. The van der Waals surface area contributed by atoms with Crippen molar-refractivity contribution in [3.63, 3.8) is 0 Å². The number of amides is 1. The number of likely N-dealkylation sites (tertiary alicyclic amines) is 1. The Labute approximate surface area is 138 Å². The molecule has 0 spiro atoms. The van der Waals surface area contributed by atoms with Gasteiger partial charge in [-0.25, -0.2) is 0 Å². The maximum atomic E-state index is 12.1. The van der Waals surface area contributed by atoms with E-state index in [1.165, 1.54) is 0 Å². The van der Waals surface area contributed by atoms with Crippen molar-refractivity contribution in [1.29, 1.82) is 0 Å². The molecule has 2 rings (SSSR count). The molecule has 1 amide bonds. The number of rotatable bonds is 6. The molecule has 0 saturated carbocycles. The number of ether oxygens (including phenoxy) is 2. The Morgan fingerprint density at radius 1 is 1.13 bits per heavy atom.